The maximum atomic E-state index is 11.9. The van der Waals surface area contributed by atoms with E-state index in [0.29, 0.717) is 18.7 Å². The number of hydrogen-bond acceptors (Lipinski definition) is 3. The molecule has 2 atom stereocenters. The van der Waals surface area contributed by atoms with Gasteiger partial charge in [0, 0.05) is 18.7 Å². The van der Waals surface area contributed by atoms with Gasteiger partial charge < -0.3 is 10.1 Å². The van der Waals surface area contributed by atoms with Crippen LogP contribution in [-0.4, -0.2) is 48.7 Å². The van der Waals surface area contributed by atoms with Gasteiger partial charge in [-0.15, -0.1) is 0 Å². The predicted molar refractivity (Wildman–Crippen MR) is 87.4 cm³/mol. The van der Waals surface area contributed by atoms with Crippen LogP contribution < -0.4 is 5.32 Å². The number of piperidine rings is 1. The molecule has 124 valence electrons. The quantitative estimate of drug-likeness (QED) is 0.701. The van der Waals surface area contributed by atoms with Gasteiger partial charge in [0.1, 0.15) is 0 Å². The third-order valence-corrected chi connectivity index (χ3v) is 4.13. The Bertz CT molecular complexity index is 305. The maximum absolute atomic E-state index is 11.9. The number of hydrogen-bond donors (Lipinski definition) is 1. The Morgan fingerprint density at radius 1 is 1.33 bits per heavy atom. The molecule has 0 bridgehead atoms. The largest absolute Gasteiger partial charge is 0.379 e. The molecule has 21 heavy (non-hydrogen) atoms. The van der Waals surface area contributed by atoms with Crippen molar-refractivity contribution in [2.45, 2.75) is 78.5 Å². The number of ether oxygens (including phenoxy) is 1. The Morgan fingerprint density at radius 3 is 2.62 bits per heavy atom. The summed E-state index contributed by atoms with van der Waals surface area (Å²) in [6.45, 7) is 12.9. The first-order valence-electron chi connectivity index (χ1n) is 8.53. The number of rotatable bonds is 8. The zero-order chi connectivity index (χ0) is 15.8. The number of likely N-dealkylation sites (tertiary alicyclic amines) is 1. The second-order valence-electron chi connectivity index (χ2n) is 6.99. The average Bonchev–Trinajstić information content (AvgIpc) is 2.36. The highest BCUT2D eigenvalue weighted by molar-refractivity contribution is 5.78. The second kappa shape index (κ2) is 9.42. The van der Waals surface area contributed by atoms with Gasteiger partial charge >= 0.3 is 0 Å². The van der Waals surface area contributed by atoms with Crippen molar-refractivity contribution in [1.82, 2.24) is 10.2 Å². The normalized spacial score (nSPS) is 23.8. The Hall–Kier alpha value is -0.610. The van der Waals surface area contributed by atoms with Gasteiger partial charge in [-0.3, -0.25) is 9.69 Å². The van der Waals surface area contributed by atoms with Crippen molar-refractivity contribution in [3.63, 3.8) is 0 Å². The topological polar surface area (TPSA) is 41.6 Å². The number of carbonyl (C=O) groups excluding carboxylic acids is 1. The van der Waals surface area contributed by atoms with E-state index in [-0.39, 0.29) is 11.9 Å². The highest BCUT2D eigenvalue weighted by Crippen LogP contribution is 2.26. The van der Waals surface area contributed by atoms with Crippen molar-refractivity contribution < 1.29 is 9.53 Å². The lowest BCUT2D eigenvalue weighted by molar-refractivity contribution is -0.123. The first-order chi connectivity index (χ1) is 9.88. The molecule has 1 aliphatic heterocycles. The predicted octanol–water partition coefficient (Wildman–Crippen LogP) is 2.82. The molecular formula is C17H34N2O2. The van der Waals surface area contributed by atoms with E-state index in [2.05, 4.69) is 31.0 Å². The zero-order valence-electron chi connectivity index (χ0n) is 14.5. The minimum Gasteiger partial charge on any atom is -0.379 e. The van der Waals surface area contributed by atoms with Crippen molar-refractivity contribution in [2.24, 2.45) is 5.92 Å². The minimum atomic E-state index is 0.153. The molecule has 1 N–H and O–H groups in total. The van der Waals surface area contributed by atoms with Gasteiger partial charge in [0.2, 0.25) is 5.91 Å². The van der Waals surface area contributed by atoms with E-state index in [1.807, 2.05) is 13.8 Å². The summed E-state index contributed by atoms with van der Waals surface area (Å²) in [5, 5.41) is 2.98. The standard InChI is InChI=1S/C17H34N2O2/c1-13(2)18-17(20)12-19-9-8-16(11-15(19)5)7-6-10-21-14(3)4/h13-16H,6-12H2,1-5H3,(H,18,20)/t15-,16+/m0/s1. The molecule has 1 heterocycles. The molecule has 4 nitrogen and oxygen atoms in total. The third-order valence-electron chi connectivity index (χ3n) is 4.13. The van der Waals surface area contributed by atoms with E-state index in [9.17, 15) is 4.79 Å². The third kappa shape index (κ3) is 7.82. The van der Waals surface area contributed by atoms with E-state index in [1.165, 1.54) is 19.3 Å². The SMILES string of the molecule is CC(C)NC(=O)CN1CC[C@@H](CCCOC(C)C)C[C@@H]1C. The van der Waals surface area contributed by atoms with E-state index < -0.39 is 0 Å². The van der Waals surface area contributed by atoms with Crippen LogP contribution in [0.5, 0.6) is 0 Å². The smallest absolute Gasteiger partial charge is 0.234 e. The maximum Gasteiger partial charge on any atom is 0.234 e. The zero-order valence-corrected chi connectivity index (χ0v) is 14.5. The summed E-state index contributed by atoms with van der Waals surface area (Å²) >= 11 is 0. The molecule has 0 spiro atoms. The molecule has 4 heteroatoms. The molecule has 0 saturated carbocycles. The van der Waals surface area contributed by atoms with Crippen molar-refractivity contribution in [1.29, 1.82) is 0 Å². The summed E-state index contributed by atoms with van der Waals surface area (Å²) in [5.74, 6) is 0.945. The fourth-order valence-corrected chi connectivity index (χ4v) is 3.06. The van der Waals surface area contributed by atoms with Gasteiger partial charge in [0.05, 0.1) is 12.6 Å². The Labute approximate surface area is 130 Å². The minimum absolute atomic E-state index is 0.153. The van der Waals surface area contributed by atoms with Crippen LogP contribution in [0.4, 0.5) is 0 Å². The molecular weight excluding hydrogens is 264 g/mol. The van der Waals surface area contributed by atoms with Gasteiger partial charge in [-0.2, -0.15) is 0 Å². The van der Waals surface area contributed by atoms with Crippen LogP contribution in [-0.2, 0) is 9.53 Å². The van der Waals surface area contributed by atoms with Crippen molar-refractivity contribution in [3.8, 4) is 0 Å². The highest BCUT2D eigenvalue weighted by atomic mass is 16.5. The molecule has 1 amide bonds. The highest BCUT2D eigenvalue weighted by Gasteiger charge is 2.26. The number of amides is 1. The van der Waals surface area contributed by atoms with Crippen molar-refractivity contribution in [2.75, 3.05) is 19.7 Å². The van der Waals surface area contributed by atoms with Gasteiger partial charge in [0.25, 0.3) is 0 Å². The van der Waals surface area contributed by atoms with Gasteiger partial charge in [-0.05, 0) is 72.8 Å². The molecule has 0 aromatic rings. The Kier molecular flexibility index (Phi) is 8.27. The van der Waals surface area contributed by atoms with Crippen molar-refractivity contribution >= 4 is 5.91 Å². The lowest BCUT2D eigenvalue weighted by atomic mass is 9.88. The van der Waals surface area contributed by atoms with E-state index in [1.54, 1.807) is 0 Å². The number of carbonyl (C=O) groups is 1. The van der Waals surface area contributed by atoms with E-state index >= 15 is 0 Å². The van der Waals surface area contributed by atoms with Gasteiger partial charge in [-0.25, -0.2) is 0 Å². The molecule has 0 aromatic heterocycles. The van der Waals surface area contributed by atoms with Crippen molar-refractivity contribution in [3.05, 3.63) is 0 Å². The van der Waals surface area contributed by atoms with E-state index in [0.717, 1.165) is 25.5 Å². The Balaban J connectivity index is 2.22. The summed E-state index contributed by atoms with van der Waals surface area (Å²) in [5.41, 5.74) is 0. The van der Waals surface area contributed by atoms with Crippen LogP contribution >= 0.6 is 0 Å². The monoisotopic (exact) mass is 298 g/mol. The summed E-state index contributed by atoms with van der Waals surface area (Å²) in [4.78, 5) is 14.2. The molecule has 1 fully saturated rings. The number of nitrogens with zero attached hydrogens (tertiary/aromatic N) is 1. The van der Waals surface area contributed by atoms with Gasteiger partial charge in [0.15, 0.2) is 0 Å². The lowest BCUT2D eigenvalue weighted by Crippen LogP contribution is -2.47. The molecule has 0 aliphatic carbocycles. The molecule has 1 aliphatic rings. The Morgan fingerprint density at radius 2 is 2.05 bits per heavy atom. The summed E-state index contributed by atoms with van der Waals surface area (Å²) in [6, 6.07) is 0.735. The first kappa shape index (κ1) is 18.4. The second-order valence-corrected chi connectivity index (χ2v) is 6.99. The number of nitrogens with one attached hydrogen (secondary N) is 1. The summed E-state index contributed by atoms with van der Waals surface area (Å²) in [6.07, 6.45) is 5.16. The van der Waals surface area contributed by atoms with Crippen LogP contribution in [0.15, 0.2) is 0 Å². The van der Waals surface area contributed by atoms with Crippen LogP contribution in [0.1, 0.15) is 60.3 Å². The van der Waals surface area contributed by atoms with Crippen LogP contribution in [0.2, 0.25) is 0 Å². The summed E-state index contributed by atoms with van der Waals surface area (Å²) < 4.78 is 5.61. The molecule has 1 rings (SSSR count). The first-order valence-corrected chi connectivity index (χ1v) is 8.53. The fourth-order valence-electron chi connectivity index (χ4n) is 3.06. The van der Waals surface area contributed by atoms with Gasteiger partial charge in [-0.1, -0.05) is 0 Å². The summed E-state index contributed by atoms with van der Waals surface area (Å²) in [7, 11) is 0. The molecule has 0 unspecified atom stereocenters. The molecule has 0 radical (unpaired) electrons. The molecule has 1 saturated heterocycles. The molecule has 0 aromatic carbocycles. The lowest BCUT2D eigenvalue weighted by Gasteiger charge is -2.37. The van der Waals surface area contributed by atoms with Crippen LogP contribution in [0.3, 0.4) is 0 Å². The van der Waals surface area contributed by atoms with Crippen LogP contribution in [0.25, 0.3) is 0 Å². The van der Waals surface area contributed by atoms with Crippen LogP contribution in [0, 0.1) is 5.92 Å². The fraction of sp³-hybridized carbons (Fsp3) is 0.941. The average molecular weight is 298 g/mol. The van der Waals surface area contributed by atoms with E-state index in [4.69, 9.17) is 4.74 Å².